The molecular weight excluding hydrogens is 366 g/mol. The summed E-state index contributed by atoms with van der Waals surface area (Å²) in [7, 11) is 0. The number of aromatic amines is 1. The lowest BCUT2D eigenvalue weighted by atomic mass is 10.1. The lowest BCUT2D eigenvalue weighted by molar-refractivity contribution is 0.106. The first-order valence-corrected chi connectivity index (χ1v) is 8.66. The molecule has 138 valence electrons. The van der Waals surface area contributed by atoms with Gasteiger partial charge in [0.1, 0.15) is 10.8 Å². The topological polar surface area (TPSA) is 93.9 Å². The van der Waals surface area contributed by atoms with Gasteiger partial charge in [0, 0.05) is 12.0 Å². The van der Waals surface area contributed by atoms with Crippen molar-refractivity contribution >= 4 is 11.3 Å². The zero-order valence-electron chi connectivity index (χ0n) is 14.1. The first-order valence-electron chi connectivity index (χ1n) is 7.84. The number of hydrogen-bond donors (Lipinski definition) is 1. The van der Waals surface area contributed by atoms with Crippen LogP contribution >= 0.6 is 11.3 Å². The summed E-state index contributed by atoms with van der Waals surface area (Å²) in [4.78, 5) is 14.6. The first-order chi connectivity index (χ1) is 12.4. The van der Waals surface area contributed by atoms with Crippen LogP contribution < -0.4 is 9.61 Å². The summed E-state index contributed by atoms with van der Waals surface area (Å²) in [6.45, 7) is 4.19. The van der Waals surface area contributed by atoms with Crippen molar-refractivity contribution in [2.75, 3.05) is 6.61 Å². The van der Waals surface area contributed by atoms with Gasteiger partial charge in [-0.3, -0.25) is 4.79 Å². The molecule has 0 spiro atoms. The molecule has 0 bridgehead atoms. The molecule has 1 aromatic carbocycles. The summed E-state index contributed by atoms with van der Waals surface area (Å²) in [5.41, 5.74) is 2.27. The number of aromatic nitrogens is 4. The quantitative estimate of drug-likeness (QED) is 0.629. The van der Waals surface area contributed by atoms with Crippen LogP contribution in [0.2, 0.25) is 0 Å². The van der Waals surface area contributed by atoms with E-state index in [1.165, 1.54) is 0 Å². The number of nitrogens with zero attached hydrogens (tertiary/aromatic N) is 3. The van der Waals surface area contributed by atoms with E-state index in [-0.39, 0.29) is 10.7 Å². The van der Waals surface area contributed by atoms with Crippen molar-refractivity contribution < 1.29 is 18.0 Å². The minimum absolute atomic E-state index is 0.117. The average molecular weight is 382 g/mol. The monoisotopic (exact) mass is 382 g/mol. The lowest BCUT2D eigenvalue weighted by Gasteiger charge is -2.13. The van der Waals surface area contributed by atoms with Gasteiger partial charge in [-0.2, -0.15) is 18.9 Å². The maximum absolute atomic E-state index is 12.6. The Hall–Kier alpha value is -2.62. The van der Waals surface area contributed by atoms with Crippen molar-refractivity contribution in [3.8, 4) is 17.1 Å². The smallest absolute Gasteiger partial charge is 0.322 e. The average Bonchev–Trinajstić information content (AvgIpc) is 3.22. The maximum atomic E-state index is 12.6. The Labute approximate surface area is 151 Å². The summed E-state index contributed by atoms with van der Waals surface area (Å²) >= 11 is 1.09. The molecule has 0 aliphatic carbocycles. The molecule has 0 aliphatic heterocycles. The lowest BCUT2D eigenvalue weighted by Crippen LogP contribution is -2.02. The van der Waals surface area contributed by atoms with E-state index >= 15 is 0 Å². The minimum atomic E-state index is -2.80. The Morgan fingerprint density at radius 3 is 2.62 bits per heavy atom. The van der Waals surface area contributed by atoms with Gasteiger partial charge < -0.3 is 9.26 Å². The summed E-state index contributed by atoms with van der Waals surface area (Å²) in [5, 5.41) is 10.6. The van der Waals surface area contributed by atoms with Crippen molar-refractivity contribution in [3.05, 3.63) is 43.8 Å². The number of ether oxygens (including phenoxy) is 1. The molecule has 3 aromatic rings. The van der Waals surface area contributed by atoms with Gasteiger partial charge in [0.05, 0.1) is 6.61 Å². The predicted molar refractivity (Wildman–Crippen MR) is 90.7 cm³/mol. The second-order valence-electron chi connectivity index (χ2n) is 5.65. The Morgan fingerprint density at radius 1 is 1.31 bits per heavy atom. The number of hydrogen-bond acceptors (Lipinski definition) is 7. The van der Waals surface area contributed by atoms with Gasteiger partial charge in [-0.1, -0.05) is 16.5 Å². The maximum Gasteiger partial charge on any atom is 0.322 e. The number of aryl methyl sites for hydroxylation is 3. The van der Waals surface area contributed by atoms with Crippen LogP contribution in [0.5, 0.6) is 5.75 Å². The fourth-order valence-corrected chi connectivity index (χ4v) is 3.16. The molecule has 0 atom stereocenters. The highest BCUT2D eigenvalue weighted by molar-refractivity contribution is 7.08. The molecule has 0 saturated heterocycles. The highest BCUT2D eigenvalue weighted by atomic mass is 32.1. The number of halogens is 2. The third-order valence-electron chi connectivity index (χ3n) is 3.61. The number of H-pyrrole nitrogens is 1. The standard InChI is InChI=1S/C16H16F2N4O3S/c1-8-6-10(14-19-15(13(17)18)25-22-14)7-9(2)12(8)24-5-3-4-11-20-21-16(23)26-11/h6-7,13H,3-5H2,1-2H3,(H,21,23). The summed E-state index contributed by atoms with van der Waals surface area (Å²) in [5.74, 6) is 0.143. The van der Waals surface area contributed by atoms with E-state index in [0.29, 0.717) is 25.0 Å². The fraction of sp³-hybridized carbons (Fsp3) is 0.375. The van der Waals surface area contributed by atoms with Crippen LogP contribution in [0.25, 0.3) is 11.4 Å². The van der Waals surface area contributed by atoms with Gasteiger partial charge in [-0.15, -0.1) is 0 Å². The molecule has 7 nitrogen and oxygen atoms in total. The largest absolute Gasteiger partial charge is 0.493 e. The molecule has 26 heavy (non-hydrogen) atoms. The molecule has 0 aliphatic rings. The fourth-order valence-electron chi connectivity index (χ4n) is 2.51. The van der Waals surface area contributed by atoms with Crippen molar-refractivity contribution in [1.29, 1.82) is 0 Å². The van der Waals surface area contributed by atoms with E-state index < -0.39 is 12.3 Å². The molecule has 1 N–H and O–H groups in total. The van der Waals surface area contributed by atoms with E-state index in [9.17, 15) is 13.6 Å². The second-order valence-corrected chi connectivity index (χ2v) is 6.70. The number of rotatable bonds is 7. The van der Waals surface area contributed by atoms with Crippen molar-refractivity contribution in [1.82, 2.24) is 20.3 Å². The zero-order chi connectivity index (χ0) is 18.7. The third-order valence-corrected chi connectivity index (χ3v) is 4.42. The number of nitrogens with one attached hydrogen (secondary N) is 1. The van der Waals surface area contributed by atoms with Gasteiger partial charge in [0.2, 0.25) is 5.82 Å². The second kappa shape index (κ2) is 7.73. The third kappa shape index (κ3) is 4.13. The Kier molecular flexibility index (Phi) is 5.40. The molecule has 0 radical (unpaired) electrons. The van der Waals surface area contributed by atoms with Gasteiger partial charge in [-0.25, -0.2) is 5.10 Å². The van der Waals surface area contributed by atoms with Crippen molar-refractivity contribution in [3.63, 3.8) is 0 Å². The van der Waals surface area contributed by atoms with Gasteiger partial charge in [-0.05, 0) is 43.5 Å². The number of alkyl halides is 2. The van der Waals surface area contributed by atoms with E-state index in [1.807, 2.05) is 13.8 Å². The van der Waals surface area contributed by atoms with Crippen LogP contribution in [-0.4, -0.2) is 26.9 Å². The summed E-state index contributed by atoms with van der Waals surface area (Å²) in [6, 6.07) is 3.53. The molecule has 0 unspecified atom stereocenters. The minimum Gasteiger partial charge on any atom is -0.493 e. The Bertz CT molecular complexity index is 928. The molecule has 2 heterocycles. The number of benzene rings is 1. The molecule has 0 saturated carbocycles. The van der Waals surface area contributed by atoms with Crippen LogP contribution in [0.1, 0.15) is 34.9 Å². The van der Waals surface area contributed by atoms with Crippen LogP contribution in [0.15, 0.2) is 21.5 Å². The van der Waals surface area contributed by atoms with Crippen LogP contribution in [0.4, 0.5) is 8.78 Å². The molecule has 0 fully saturated rings. The predicted octanol–water partition coefficient (Wildman–Crippen LogP) is 3.45. The highest BCUT2D eigenvalue weighted by Crippen LogP contribution is 2.30. The Morgan fingerprint density at radius 2 is 2.04 bits per heavy atom. The molecule has 3 rings (SSSR count). The highest BCUT2D eigenvalue weighted by Gasteiger charge is 2.18. The van der Waals surface area contributed by atoms with Crippen LogP contribution in [0.3, 0.4) is 0 Å². The first kappa shape index (κ1) is 18.2. The van der Waals surface area contributed by atoms with Gasteiger partial charge >= 0.3 is 11.3 Å². The van der Waals surface area contributed by atoms with Crippen LogP contribution in [0, 0.1) is 13.8 Å². The van der Waals surface area contributed by atoms with Crippen molar-refractivity contribution in [2.24, 2.45) is 0 Å². The summed E-state index contributed by atoms with van der Waals surface area (Å²) < 4.78 is 35.5. The zero-order valence-corrected chi connectivity index (χ0v) is 14.9. The normalized spacial score (nSPS) is 11.3. The van der Waals surface area contributed by atoms with Crippen molar-refractivity contribution in [2.45, 2.75) is 33.1 Å². The molecule has 10 heteroatoms. The Balaban J connectivity index is 1.65. The van der Waals surface area contributed by atoms with E-state index in [4.69, 9.17) is 4.74 Å². The van der Waals surface area contributed by atoms with E-state index in [2.05, 4.69) is 24.9 Å². The van der Waals surface area contributed by atoms with E-state index in [1.54, 1.807) is 12.1 Å². The molecular formula is C16H16F2N4O3S. The van der Waals surface area contributed by atoms with Crippen LogP contribution in [-0.2, 0) is 6.42 Å². The van der Waals surface area contributed by atoms with E-state index in [0.717, 1.165) is 33.2 Å². The van der Waals surface area contributed by atoms with Gasteiger partial charge in [0.15, 0.2) is 0 Å². The molecule has 0 amide bonds. The summed E-state index contributed by atoms with van der Waals surface area (Å²) in [6.07, 6.45) is -1.43. The SMILES string of the molecule is Cc1cc(-c2noc(C(F)F)n2)cc(C)c1OCCCc1n[nH]c(=O)s1. The van der Waals surface area contributed by atoms with Gasteiger partial charge in [0.25, 0.3) is 5.89 Å². The molecule has 2 aromatic heterocycles.